The second kappa shape index (κ2) is 55.0. The van der Waals surface area contributed by atoms with E-state index >= 15 is 0 Å². The number of phosphoric acid groups is 1. The zero-order chi connectivity index (χ0) is 54.3. The minimum Gasteiger partial charge on any atom is -0.756 e. The molecule has 0 spiro atoms. The lowest BCUT2D eigenvalue weighted by atomic mass is 10.0. The summed E-state index contributed by atoms with van der Waals surface area (Å²) in [5, 5.41) is 24.7. The van der Waals surface area contributed by atoms with Crippen LogP contribution in [0.1, 0.15) is 309 Å². The van der Waals surface area contributed by atoms with Gasteiger partial charge in [0.1, 0.15) is 19.3 Å². The predicted molar refractivity (Wildman–Crippen MR) is 318 cm³/mol. The molecule has 0 fully saturated rings. The van der Waals surface area contributed by atoms with Gasteiger partial charge in [-0.25, -0.2) is 0 Å². The summed E-state index contributed by atoms with van der Waals surface area (Å²) >= 11 is 0. The monoisotopic (exact) mass is 1060 g/mol. The fourth-order valence-electron chi connectivity index (χ4n) is 9.77. The molecule has 0 aliphatic heterocycles. The molecule has 3 N–H and O–H groups in total. The zero-order valence-corrected chi connectivity index (χ0v) is 50.6. The summed E-state index contributed by atoms with van der Waals surface area (Å²) in [6.07, 6.45) is 68.6. The lowest BCUT2D eigenvalue weighted by Gasteiger charge is -2.31. The van der Waals surface area contributed by atoms with Gasteiger partial charge < -0.3 is 34.0 Å². The number of allylic oxidation sites excluding steroid dienone is 6. The minimum absolute atomic E-state index is 0.0490. The van der Waals surface area contributed by atoms with Gasteiger partial charge in [0.15, 0.2) is 0 Å². The summed E-state index contributed by atoms with van der Waals surface area (Å²) in [6, 6.07) is -1.10. The molecule has 0 aliphatic rings. The van der Waals surface area contributed by atoms with Crippen molar-refractivity contribution in [2.45, 2.75) is 327 Å². The molecule has 74 heavy (non-hydrogen) atoms. The van der Waals surface area contributed by atoms with Gasteiger partial charge in [0.05, 0.1) is 39.9 Å². The number of nitrogens with one attached hydrogen (secondary N) is 1. The van der Waals surface area contributed by atoms with E-state index in [1.165, 1.54) is 225 Å². The summed E-state index contributed by atoms with van der Waals surface area (Å²) in [7, 11) is 1.10. The maximum Gasteiger partial charge on any atom is 0.268 e. The van der Waals surface area contributed by atoms with Gasteiger partial charge in [-0.05, 0) is 58.3 Å². The SMILES string of the molecule is CC=CCCC=CCCC=CCCCC(O)C(O)C(COP(=O)([O-])OCC[N+](C)(C)C)NC(=O)CCCCCCCCCCCCCCCCCCCCCCCCCCCCCCCCCCCCCCCC. The Bertz CT molecular complexity index is 1320. The van der Waals surface area contributed by atoms with E-state index in [0.717, 1.165) is 44.9 Å². The van der Waals surface area contributed by atoms with Crippen LogP contribution >= 0.6 is 7.82 Å². The second-order valence-electron chi connectivity index (χ2n) is 23.3. The van der Waals surface area contributed by atoms with Crippen LogP contribution < -0.4 is 10.2 Å². The average molecular weight is 1070 g/mol. The van der Waals surface area contributed by atoms with Gasteiger partial charge in [0.25, 0.3) is 7.82 Å². The molecule has 0 aliphatic carbocycles. The Kier molecular flexibility index (Phi) is 54.0. The van der Waals surface area contributed by atoms with Crippen LogP contribution in [0.5, 0.6) is 0 Å². The Morgan fingerprint density at radius 1 is 0.500 bits per heavy atom. The number of unbranched alkanes of at least 4 members (excludes halogenated alkanes) is 40. The van der Waals surface area contributed by atoms with Crippen molar-refractivity contribution in [3.8, 4) is 0 Å². The first kappa shape index (κ1) is 72.7. The summed E-state index contributed by atoms with van der Waals surface area (Å²) < 4.78 is 23.2. The quantitative estimate of drug-likeness (QED) is 0.0239. The van der Waals surface area contributed by atoms with Crippen LogP contribution in [-0.4, -0.2) is 79.8 Å². The highest BCUT2D eigenvalue weighted by atomic mass is 31.2. The normalized spacial score (nSPS) is 14.4. The number of rotatable bonds is 59. The van der Waals surface area contributed by atoms with Gasteiger partial charge in [-0.15, -0.1) is 0 Å². The Balaban J connectivity index is 3.92. The summed E-state index contributed by atoms with van der Waals surface area (Å²) in [5.41, 5.74) is 0. The third-order valence-electron chi connectivity index (χ3n) is 14.8. The average Bonchev–Trinajstić information content (AvgIpc) is 3.36. The van der Waals surface area contributed by atoms with E-state index < -0.39 is 32.7 Å². The van der Waals surface area contributed by atoms with E-state index in [-0.39, 0.29) is 18.9 Å². The number of carbonyl (C=O) groups is 1. The predicted octanol–water partition coefficient (Wildman–Crippen LogP) is 18.1. The molecule has 0 aromatic rings. The number of hydrogen-bond donors (Lipinski definition) is 3. The van der Waals surface area contributed by atoms with Gasteiger partial charge >= 0.3 is 0 Å². The number of hydrogen-bond acceptors (Lipinski definition) is 7. The van der Waals surface area contributed by atoms with Crippen LogP contribution in [0.15, 0.2) is 36.5 Å². The topological polar surface area (TPSA) is 128 Å². The molecular formula is C64H125N2O7P. The van der Waals surface area contributed by atoms with Crippen LogP contribution in [-0.2, 0) is 18.4 Å². The van der Waals surface area contributed by atoms with Gasteiger partial charge in [0.2, 0.25) is 5.91 Å². The molecule has 0 aromatic carbocycles. The Hall–Kier alpha value is -1.32. The van der Waals surface area contributed by atoms with Crippen molar-refractivity contribution >= 4 is 13.7 Å². The van der Waals surface area contributed by atoms with Crippen LogP contribution in [0.25, 0.3) is 0 Å². The van der Waals surface area contributed by atoms with Crippen molar-refractivity contribution in [3.05, 3.63) is 36.5 Å². The summed E-state index contributed by atoms with van der Waals surface area (Å²) in [4.78, 5) is 25.5. The van der Waals surface area contributed by atoms with Crippen LogP contribution in [0.3, 0.4) is 0 Å². The molecule has 0 heterocycles. The Morgan fingerprint density at radius 3 is 1.16 bits per heavy atom. The van der Waals surface area contributed by atoms with Crippen molar-refractivity contribution in [2.75, 3.05) is 40.9 Å². The van der Waals surface area contributed by atoms with E-state index in [2.05, 4.69) is 48.7 Å². The molecule has 0 saturated carbocycles. The number of aliphatic hydroxyl groups is 2. The second-order valence-corrected chi connectivity index (χ2v) is 24.7. The van der Waals surface area contributed by atoms with Gasteiger partial charge in [0, 0.05) is 6.42 Å². The fraction of sp³-hybridized carbons (Fsp3) is 0.891. The smallest absolute Gasteiger partial charge is 0.268 e. The van der Waals surface area contributed by atoms with E-state index in [4.69, 9.17) is 9.05 Å². The Labute approximate surface area is 460 Å². The van der Waals surface area contributed by atoms with Crippen molar-refractivity contribution in [3.63, 3.8) is 0 Å². The maximum atomic E-state index is 13.0. The molecule has 0 aromatic heterocycles. The minimum atomic E-state index is -4.68. The van der Waals surface area contributed by atoms with Crippen molar-refractivity contribution in [2.24, 2.45) is 0 Å². The highest BCUT2D eigenvalue weighted by molar-refractivity contribution is 7.45. The number of carbonyl (C=O) groups excluding carboxylic acids is 1. The molecule has 0 radical (unpaired) electrons. The van der Waals surface area contributed by atoms with E-state index in [0.29, 0.717) is 30.3 Å². The zero-order valence-electron chi connectivity index (χ0n) is 49.7. The fourth-order valence-corrected chi connectivity index (χ4v) is 10.5. The third-order valence-corrected chi connectivity index (χ3v) is 15.7. The molecule has 1 amide bonds. The largest absolute Gasteiger partial charge is 0.756 e. The van der Waals surface area contributed by atoms with Gasteiger partial charge in [-0.2, -0.15) is 0 Å². The van der Waals surface area contributed by atoms with E-state index in [1.54, 1.807) is 0 Å². The number of likely N-dealkylation sites (N-methyl/N-ethyl adjacent to an activating group) is 1. The number of quaternary nitrogens is 1. The first-order valence-electron chi connectivity index (χ1n) is 31.9. The molecule has 0 saturated heterocycles. The standard InChI is InChI=1S/C64H125N2O7P/c1-6-8-10-12-14-16-18-20-21-22-23-24-25-26-27-28-29-30-31-32-33-34-35-36-37-38-39-40-41-42-43-44-45-47-49-51-53-55-57-63(68)65-61(60-73-74(70,71)72-59-58-66(3,4)5)64(69)62(67)56-54-52-50-48-46-19-17-15-13-11-9-7-2/h7,9,15,17,48,50,61-62,64,67,69H,6,8,10-14,16,18-47,49,51-60H2,1-5H3,(H-,65,68,70,71). The van der Waals surface area contributed by atoms with Crippen LogP contribution in [0, 0.1) is 0 Å². The van der Waals surface area contributed by atoms with Crippen LogP contribution in [0.2, 0.25) is 0 Å². The maximum absolute atomic E-state index is 13.0. The highest BCUT2D eigenvalue weighted by Gasteiger charge is 2.29. The van der Waals surface area contributed by atoms with Gasteiger partial charge in [-0.1, -0.05) is 281 Å². The number of amides is 1. The first-order valence-corrected chi connectivity index (χ1v) is 33.3. The molecule has 10 heteroatoms. The van der Waals surface area contributed by atoms with E-state index in [1.807, 2.05) is 28.1 Å². The van der Waals surface area contributed by atoms with E-state index in [9.17, 15) is 24.5 Å². The van der Waals surface area contributed by atoms with Crippen LogP contribution in [0.4, 0.5) is 0 Å². The summed E-state index contributed by atoms with van der Waals surface area (Å²) in [5.74, 6) is -0.290. The number of nitrogens with zero attached hydrogens (tertiary/aromatic N) is 1. The number of phosphoric ester groups is 1. The van der Waals surface area contributed by atoms with Gasteiger partial charge in [-0.3, -0.25) is 9.36 Å². The summed E-state index contributed by atoms with van der Waals surface area (Å²) in [6.45, 7) is 4.23. The molecule has 0 bridgehead atoms. The first-order chi connectivity index (χ1) is 35.9. The third kappa shape index (κ3) is 55.4. The lowest BCUT2D eigenvalue weighted by Crippen LogP contribution is -2.51. The molecule has 438 valence electrons. The Morgan fingerprint density at radius 2 is 0.824 bits per heavy atom. The highest BCUT2D eigenvalue weighted by Crippen LogP contribution is 2.38. The molecule has 0 rings (SSSR count). The van der Waals surface area contributed by atoms with Crippen molar-refractivity contribution < 1.29 is 38.0 Å². The molecule has 4 unspecified atom stereocenters. The molecular weight excluding hydrogens is 940 g/mol. The lowest BCUT2D eigenvalue weighted by molar-refractivity contribution is -0.870. The molecule has 4 atom stereocenters. The van der Waals surface area contributed by atoms with Crippen molar-refractivity contribution in [1.29, 1.82) is 0 Å². The molecule has 9 nitrogen and oxygen atoms in total. The van der Waals surface area contributed by atoms with Crippen molar-refractivity contribution in [1.82, 2.24) is 5.32 Å². The number of aliphatic hydroxyl groups excluding tert-OH is 2.